The van der Waals surface area contributed by atoms with Crippen molar-refractivity contribution in [3.8, 4) is 0 Å². The fraction of sp³-hybridized carbons (Fsp3) is 0.600. The Bertz CT molecular complexity index is 655. The Morgan fingerprint density at radius 2 is 1.30 bits per heavy atom. The molecule has 7 heteroatoms. The van der Waals surface area contributed by atoms with Crippen molar-refractivity contribution in [2.24, 2.45) is 0 Å². The maximum atomic E-state index is 12.2. The topological polar surface area (TPSA) is 82.3 Å². The van der Waals surface area contributed by atoms with Crippen molar-refractivity contribution in [2.75, 3.05) is 10.6 Å². The number of halogens is 1. The Morgan fingerprint density at radius 1 is 0.778 bits per heavy atom. The molecule has 6 nitrogen and oxygen atoms in total. The summed E-state index contributed by atoms with van der Waals surface area (Å²) in [6, 6.07) is 5.13. The van der Waals surface area contributed by atoms with Gasteiger partial charge < -0.3 is 21.3 Å². The number of benzene rings is 1. The molecule has 2 aliphatic carbocycles. The third-order valence-corrected chi connectivity index (χ3v) is 5.67. The van der Waals surface area contributed by atoms with E-state index in [1.165, 1.54) is 25.7 Å². The molecule has 4 amide bonds. The second-order valence-corrected chi connectivity index (χ2v) is 7.97. The lowest BCUT2D eigenvalue weighted by Gasteiger charge is -2.23. The summed E-state index contributed by atoms with van der Waals surface area (Å²) in [6.45, 7) is 0. The van der Waals surface area contributed by atoms with Gasteiger partial charge in [-0.3, -0.25) is 0 Å². The number of hydrogen-bond acceptors (Lipinski definition) is 2. The minimum absolute atomic E-state index is 0.214. The van der Waals surface area contributed by atoms with Gasteiger partial charge in [-0.25, -0.2) is 9.59 Å². The molecule has 2 fully saturated rings. The number of hydrogen-bond donors (Lipinski definition) is 4. The van der Waals surface area contributed by atoms with E-state index in [4.69, 9.17) is 11.6 Å². The lowest BCUT2D eigenvalue weighted by molar-refractivity contribution is 0.243. The number of rotatable bonds is 4. The van der Waals surface area contributed by atoms with E-state index in [-0.39, 0.29) is 24.1 Å². The molecule has 4 N–H and O–H groups in total. The predicted octanol–water partition coefficient (Wildman–Crippen LogP) is 5.25. The summed E-state index contributed by atoms with van der Waals surface area (Å²) in [4.78, 5) is 24.3. The number of nitrogens with one attached hydrogen (secondary N) is 4. The van der Waals surface area contributed by atoms with Gasteiger partial charge in [0.25, 0.3) is 0 Å². The summed E-state index contributed by atoms with van der Waals surface area (Å²) in [5.74, 6) is 0. The van der Waals surface area contributed by atoms with E-state index in [0.29, 0.717) is 16.4 Å². The highest BCUT2D eigenvalue weighted by atomic mass is 35.5. The standard InChI is InChI=1S/C20H29ClN4O2/c21-17-13-16(24-19(26)22-14-7-3-1-4-8-14)11-12-18(17)25-20(27)23-15-9-5-2-6-10-15/h11-15H,1-10H2,(H2,22,24,26)(H2,23,25,27). The molecule has 0 bridgehead atoms. The zero-order valence-corrected chi connectivity index (χ0v) is 16.4. The van der Waals surface area contributed by atoms with Gasteiger partial charge in [0, 0.05) is 17.8 Å². The van der Waals surface area contributed by atoms with Crippen molar-refractivity contribution in [3.63, 3.8) is 0 Å². The summed E-state index contributed by atoms with van der Waals surface area (Å²) in [5, 5.41) is 12.0. The molecule has 0 atom stereocenters. The maximum absolute atomic E-state index is 12.2. The van der Waals surface area contributed by atoms with E-state index < -0.39 is 0 Å². The van der Waals surface area contributed by atoms with Crippen LogP contribution < -0.4 is 21.3 Å². The lowest BCUT2D eigenvalue weighted by Crippen LogP contribution is -2.39. The van der Waals surface area contributed by atoms with Crippen LogP contribution in [0.2, 0.25) is 5.02 Å². The number of anilines is 2. The number of amides is 4. The zero-order valence-electron chi connectivity index (χ0n) is 15.7. The van der Waals surface area contributed by atoms with Crippen LogP contribution in [0.1, 0.15) is 64.2 Å². The van der Waals surface area contributed by atoms with Crippen LogP contribution in [0, 0.1) is 0 Å². The second-order valence-electron chi connectivity index (χ2n) is 7.56. The van der Waals surface area contributed by atoms with Crippen molar-refractivity contribution < 1.29 is 9.59 Å². The molecule has 2 aliphatic rings. The normalized spacial score (nSPS) is 18.6. The van der Waals surface area contributed by atoms with Gasteiger partial charge in [0.2, 0.25) is 0 Å². The molecule has 1 aromatic carbocycles. The molecular weight excluding hydrogens is 364 g/mol. The monoisotopic (exact) mass is 392 g/mol. The first-order chi connectivity index (χ1) is 13.1. The minimum Gasteiger partial charge on any atom is -0.335 e. The zero-order chi connectivity index (χ0) is 19.1. The highest BCUT2D eigenvalue weighted by Gasteiger charge is 2.17. The van der Waals surface area contributed by atoms with Crippen LogP contribution >= 0.6 is 11.6 Å². The maximum Gasteiger partial charge on any atom is 0.319 e. The fourth-order valence-corrected chi connectivity index (χ4v) is 4.11. The average Bonchev–Trinajstić information content (AvgIpc) is 2.65. The molecule has 1 aromatic rings. The Morgan fingerprint density at radius 3 is 1.81 bits per heavy atom. The first kappa shape index (κ1) is 19.8. The van der Waals surface area contributed by atoms with Gasteiger partial charge in [-0.2, -0.15) is 0 Å². The van der Waals surface area contributed by atoms with Crippen molar-refractivity contribution in [1.82, 2.24) is 10.6 Å². The third kappa shape index (κ3) is 6.31. The highest BCUT2D eigenvalue weighted by molar-refractivity contribution is 6.34. The smallest absolute Gasteiger partial charge is 0.319 e. The first-order valence-electron chi connectivity index (χ1n) is 10.0. The minimum atomic E-state index is -0.237. The van der Waals surface area contributed by atoms with E-state index in [9.17, 15) is 9.59 Å². The molecule has 148 valence electrons. The summed E-state index contributed by atoms with van der Waals surface area (Å²) >= 11 is 6.28. The fourth-order valence-electron chi connectivity index (χ4n) is 3.88. The molecule has 0 unspecified atom stereocenters. The summed E-state index contributed by atoms with van der Waals surface area (Å²) in [5.41, 5.74) is 1.13. The van der Waals surface area contributed by atoms with Crippen LogP contribution in [-0.4, -0.2) is 24.1 Å². The molecule has 0 saturated heterocycles. The lowest BCUT2D eigenvalue weighted by atomic mass is 9.96. The quantitative estimate of drug-likeness (QED) is 0.564. The van der Waals surface area contributed by atoms with Crippen LogP contribution in [0.15, 0.2) is 18.2 Å². The SMILES string of the molecule is O=C(Nc1ccc(NC(=O)NC2CCCCC2)c(Cl)c1)NC1CCCCC1. The molecule has 0 aromatic heterocycles. The summed E-state index contributed by atoms with van der Waals surface area (Å²) in [7, 11) is 0. The van der Waals surface area contributed by atoms with Crippen LogP contribution in [0.5, 0.6) is 0 Å². The first-order valence-corrected chi connectivity index (χ1v) is 10.4. The Kier molecular flexibility index (Phi) is 7.21. The van der Waals surface area contributed by atoms with Crippen molar-refractivity contribution in [3.05, 3.63) is 23.2 Å². The van der Waals surface area contributed by atoms with E-state index in [1.807, 2.05) is 0 Å². The van der Waals surface area contributed by atoms with Crippen LogP contribution in [0.3, 0.4) is 0 Å². The molecular formula is C20H29ClN4O2. The average molecular weight is 393 g/mol. The van der Waals surface area contributed by atoms with Crippen LogP contribution in [0.25, 0.3) is 0 Å². The van der Waals surface area contributed by atoms with Gasteiger partial charge in [0.1, 0.15) is 0 Å². The highest BCUT2D eigenvalue weighted by Crippen LogP contribution is 2.26. The molecule has 0 spiro atoms. The van der Waals surface area contributed by atoms with Gasteiger partial charge >= 0.3 is 12.1 Å². The Hall–Kier alpha value is -1.95. The molecule has 0 heterocycles. The van der Waals surface area contributed by atoms with Crippen LogP contribution in [0.4, 0.5) is 21.0 Å². The van der Waals surface area contributed by atoms with Gasteiger partial charge in [0.15, 0.2) is 0 Å². The van der Waals surface area contributed by atoms with Gasteiger partial charge in [-0.05, 0) is 43.9 Å². The van der Waals surface area contributed by atoms with Gasteiger partial charge in [-0.1, -0.05) is 50.1 Å². The molecule has 27 heavy (non-hydrogen) atoms. The predicted molar refractivity (Wildman–Crippen MR) is 110 cm³/mol. The number of urea groups is 2. The largest absolute Gasteiger partial charge is 0.335 e. The summed E-state index contributed by atoms with van der Waals surface area (Å²) < 4.78 is 0. The molecule has 2 saturated carbocycles. The van der Waals surface area contributed by atoms with E-state index >= 15 is 0 Å². The van der Waals surface area contributed by atoms with Gasteiger partial charge in [0.05, 0.1) is 10.7 Å². The third-order valence-electron chi connectivity index (χ3n) is 5.36. The van der Waals surface area contributed by atoms with Gasteiger partial charge in [-0.15, -0.1) is 0 Å². The Balaban J connectivity index is 1.48. The second kappa shape index (κ2) is 9.83. The van der Waals surface area contributed by atoms with E-state index in [2.05, 4.69) is 21.3 Å². The van der Waals surface area contributed by atoms with Crippen LogP contribution in [-0.2, 0) is 0 Å². The van der Waals surface area contributed by atoms with Crippen molar-refractivity contribution >= 4 is 35.0 Å². The molecule has 3 rings (SSSR count). The van der Waals surface area contributed by atoms with E-state index in [0.717, 1.165) is 38.5 Å². The number of carbonyl (C=O) groups excluding carboxylic acids is 2. The molecule has 0 aliphatic heterocycles. The number of carbonyl (C=O) groups is 2. The summed E-state index contributed by atoms with van der Waals surface area (Å²) in [6.07, 6.45) is 11.3. The Labute approximate surface area is 165 Å². The van der Waals surface area contributed by atoms with E-state index in [1.54, 1.807) is 18.2 Å². The van der Waals surface area contributed by atoms with Crippen molar-refractivity contribution in [2.45, 2.75) is 76.3 Å². The molecule has 0 radical (unpaired) electrons. The van der Waals surface area contributed by atoms with Crippen molar-refractivity contribution in [1.29, 1.82) is 0 Å².